The number of aromatic nitrogens is 3. The van der Waals surface area contributed by atoms with Crippen molar-refractivity contribution in [3.63, 3.8) is 0 Å². The molecule has 0 radical (unpaired) electrons. The van der Waals surface area contributed by atoms with Gasteiger partial charge >= 0.3 is 0 Å². The summed E-state index contributed by atoms with van der Waals surface area (Å²) in [7, 11) is 2.19. The topological polar surface area (TPSA) is 45.5 Å². The van der Waals surface area contributed by atoms with Crippen LogP contribution in [0.2, 0.25) is 0 Å². The van der Waals surface area contributed by atoms with Crippen molar-refractivity contribution >= 4 is 27.5 Å². The summed E-state index contributed by atoms with van der Waals surface area (Å²) in [5.41, 5.74) is 0.853. The van der Waals surface area contributed by atoms with Crippen LogP contribution in [-0.2, 0) is 0 Å². The van der Waals surface area contributed by atoms with Crippen LogP contribution in [0, 0.1) is 5.92 Å². The predicted molar refractivity (Wildman–Crippen MR) is 79.4 cm³/mol. The molecule has 0 bridgehead atoms. The van der Waals surface area contributed by atoms with Gasteiger partial charge in [0, 0.05) is 19.3 Å². The maximum absolute atomic E-state index is 4.50. The van der Waals surface area contributed by atoms with Gasteiger partial charge in [0.05, 0.1) is 4.47 Å². The number of piperidine rings is 1. The van der Waals surface area contributed by atoms with E-state index in [4.69, 9.17) is 0 Å². The Morgan fingerprint density at radius 3 is 3.21 bits per heavy atom. The minimum absolute atomic E-state index is 0.689. The Bertz CT molecular complexity index is 567. The molecule has 0 saturated carbocycles. The lowest BCUT2D eigenvalue weighted by atomic mass is 9.99. The van der Waals surface area contributed by atoms with E-state index in [0.29, 0.717) is 11.9 Å². The molecule has 0 aromatic carbocycles. The number of fused-ring (bicyclic) bond motifs is 1. The predicted octanol–water partition coefficient (Wildman–Crippen LogP) is 2.25. The van der Waals surface area contributed by atoms with E-state index in [0.717, 1.165) is 23.2 Å². The van der Waals surface area contributed by atoms with Gasteiger partial charge < -0.3 is 10.2 Å². The van der Waals surface area contributed by atoms with Crippen molar-refractivity contribution in [3.05, 3.63) is 22.8 Å². The molecular formula is C13H18BrN5. The van der Waals surface area contributed by atoms with Crippen LogP contribution in [0.4, 0.5) is 5.95 Å². The van der Waals surface area contributed by atoms with Crippen LogP contribution in [0.5, 0.6) is 0 Å². The van der Waals surface area contributed by atoms with Crippen molar-refractivity contribution in [2.45, 2.75) is 12.8 Å². The second-order valence-corrected chi connectivity index (χ2v) is 6.07. The van der Waals surface area contributed by atoms with Crippen molar-refractivity contribution < 1.29 is 0 Å². The average Bonchev–Trinajstić information content (AvgIpc) is 2.81. The molecule has 102 valence electrons. The maximum atomic E-state index is 4.50. The van der Waals surface area contributed by atoms with Gasteiger partial charge in [-0.1, -0.05) is 0 Å². The summed E-state index contributed by atoms with van der Waals surface area (Å²) in [6.07, 6.45) is 4.48. The summed E-state index contributed by atoms with van der Waals surface area (Å²) in [5.74, 6) is 1.40. The number of hydrogen-bond acceptors (Lipinski definition) is 4. The minimum Gasteiger partial charge on any atom is -0.353 e. The molecule has 1 atom stereocenters. The van der Waals surface area contributed by atoms with Crippen LogP contribution < -0.4 is 5.32 Å². The summed E-state index contributed by atoms with van der Waals surface area (Å²) >= 11 is 3.49. The fourth-order valence-electron chi connectivity index (χ4n) is 2.62. The highest BCUT2D eigenvalue weighted by atomic mass is 79.9. The first-order valence-corrected chi connectivity index (χ1v) is 7.45. The molecule has 2 aromatic heterocycles. The highest BCUT2D eigenvalue weighted by molar-refractivity contribution is 9.10. The Labute approximate surface area is 121 Å². The molecule has 1 fully saturated rings. The summed E-state index contributed by atoms with van der Waals surface area (Å²) in [6.45, 7) is 3.32. The zero-order chi connectivity index (χ0) is 13.2. The molecule has 1 aliphatic rings. The van der Waals surface area contributed by atoms with Gasteiger partial charge in [-0.05, 0) is 60.4 Å². The van der Waals surface area contributed by atoms with Crippen LogP contribution in [-0.4, -0.2) is 46.2 Å². The van der Waals surface area contributed by atoms with E-state index in [1.54, 1.807) is 4.52 Å². The molecule has 1 N–H and O–H groups in total. The van der Waals surface area contributed by atoms with Gasteiger partial charge in [0.25, 0.3) is 0 Å². The summed E-state index contributed by atoms with van der Waals surface area (Å²) in [5, 5.41) is 7.79. The number of nitrogens with one attached hydrogen (secondary N) is 1. The number of pyridine rings is 1. The maximum Gasteiger partial charge on any atom is 0.243 e. The number of nitrogens with zero attached hydrogens (tertiary/aromatic N) is 4. The van der Waals surface area contributed by atoms with Crippen LogP contribution in [0.3, 0.4) is 0 Å². The van der Waals surface area contributed by atoms with Crippen LogP contribution in [0.25, 0.3) is 5.65 Å². The van der Waals surface area contributed by atoms with E-state index >= 15 is 0 Å². The molecule has 2 aromatic rings. The molecule has 3 heterocycles. The summed E-state index contributed by atoms with van der Waals surface area (Å²) in [6, 6.07) is 3.93. The normalized spacial score (nSPS) is 20.8. The molecule has 5 nitrogen and oxygen atoms in total. The van der Waals surface area contributed by atoms with E-state index in [-0.39, 0.29) is 0 Å². The van der Waals surface area contributed by atoms with E-state index in [9.17, 15) is 0 Å². The van der Waals surface area contributed by atoms with Crippen molar-refractivity contribution in [1.82, 2.24) is 19.5 Å². The Hall–Kier alpha value is -1.14. The standard InChI is InChI=1S/C13H18BrN5/c1-18-6-2-4-10(9-18)8-15-13-16-12-11(14)5-3-7-19(12)17-13/h3,5,7,10H,2,4,6,8-9H2,1H3,(H,15,17). The fraction of sp³-hybridized carbons (Fsp3) is 0.538. The van der Waals surface area contributed by atoms with Crippen LogP contribution in [0.1, 0.15) is 12.8 Å². The smallest absolute Gasteiger partial charge is 0.243 e. The SMILES string of the molecule is CN1CCCC(CNc2nc3c(Br)cccn3n2)C1. The number of rotatable bonds is 3. The Balaban J connectivity index is 1.66. The van der Waals surface area contributed by atoms with Gasteiger partial charge in [-0.3, -0.25) is 0 Å². The van der Waals surface area contributed by atoms with Crippen molar-refractivity contribution in [3.8, 4) is 0 Å². The average molecular weight is 324 g/mol. The molecule has 3 rings (SSSR count). The molecule has 0 aliphatic carbocycles. The molecule has 0 amide bonds. The molecule has 0 spiro atoms. The first kappa shape index (κ1) is 12.9. The molecule has 19 heavy (non-hydrogen) atoms. The van der Waals surface area contributed by atoms with Gasteiger partial charge in [-0.15, -0.1) is 5.10 Å². The highest BCUT2D eigenvalue weighted by Crippen LogP contribution is 2.18. The van der Waals surface area contributed by atoms with Crippen molar-refractivity contribution in [2.75, 3.05) is 32.0 Å². The molecule has 1 saturated heterocycles. The Morgan fingerprint density at radius 2 is 2.42 bits per heavy atom. The number of anilines is 1. The highest BCUT2D eigenvalue weighted by Gasteiger charge is 2.17. The third kappa shape index (κ3) is 2.90. The van der Waals surface area contributed by atoms with Crippen molar-refractivity contribution in [2.24, 2.45) is 5.92 Å². The third-order valence-electron chi connectivity index (χ3n) is 3.59. The monoisotopic (exact) mass is 323 g/mol. The van der Waals surface area contributed by atoms with Crippen LogP contribution >= 0.6 is 15.9 Å². The van der Waals surface area contributed by atoms with Crippen LogP contribution in [0.15, 0.2) is 22.8 Å². The van der Waals surface area contributed by atoms with E-state index in [2.05, 4.69) is 43.3 Å². The lowest BCUT2D eigenvalue weighted by molar-refractivity contribution is 0.217. The first-order chi connectivity index (χ1) is 9.22. The zero-order valence-corrected chi connectivity index (χ0v) is 12.6. The zero-order valence-electron chi connectivity index (χ0n) is 11.0. The lowest BCUT2D eigenvalue weighted by Crippen LogP contribution is -2.35. The molecule has 1 aliphatic heterocycles. The molecule has 6 heteroatoms. The quantitative estimate of drug-likeness (QED) is 0.941. The number of likely N-dealkylation sites (tertiary alicyclic amines) is 1. The Morgan fingerprint density at radius 1 is 1.53 bits per heavy atom. The van der Waals surface area contributed by atoms with Gasteiger partial charge in [-0.25, -0.2) is 4.52 Å². The lowest BCUT2D eigenvalue weighted by Gasteiger charge is -2.29. The Kier molecular flexibility index (Phi) is 3.70. The van der Waals surface area contributed by atoms with Crippen molar-refractivity contribution in [1.29, 1.82) is 0 Å². The first-order valence-electron chi connectivity index (χ1n) is 6.65. The van der Waals surface area contributed by atoms with Gasteiger partial charge in [-0.2, -0.15) is 4.98 Å². The molecule has 1 unspecified atom stereocenters. The number of hydrogen-bond donors (Lipinski definition) is 1. The largest absolute Gasteiger partial charge is 0.353 e. The van der Waals surface area contributed by atoms with E-state index in [1.165, 1.54) is 19.4 Å². The van der Waals surface area contributed by atoms with Gasteiger partial charge in [0.2, 0.25) is 5.95 Å². The number of halogens is 1. The van der Waals surface area contributed by atoms with E-state index in [1.807, 2.05) is 18.3 Å². The fourth-order valence-corrected chi connectivity index (χ4v) is 3.05. The summed E-state index contributed by atoms with van der Waals surface area (Å²) < 4.78 is 2.76. The third-order valence-corrected chi connectivity index (χ3v) is 4.20. The van der Waals surface area contributed by atoms with Gasteiger partial charge in [0.1, 0.15) is 0 Å². The van der Waals surface area contributed by atoms with Gasteiger partial charge in [0.15, 0.2) is 5.65 Å². The minimum atomic E-state index is 0.689. The second-order valence-electron chi connectivity index (χ2n) is 5.21. The molecular weight excluding hydrogens is 306 g/mol. The van der Waals surface area contributed by atoms with E-state index < -0.39 is 0 Å². The summed E-state index contributed by atoms with van der Waals surface area (Å²) in [4.78, 5) is 6.89. The second kappa shape index (κ2) is 5.46.